The number of anilines is 1. The maximum atomic E-state index is 4.59. The standard InChI is InChI=1S/C16H17N3S/c1-2-6-14(15-9-5-10-20-15)19-16-17-11-12-7-3-4-8-13(12)18-16/h3-5,7-11,14H,2,6H2,1H3,(H,17,18,19). The van der Waals surface area contributed by atoms with Crippen LogP contribution in [0.2, 0.25) is 0 Å². The van der Waals surface area contributed by atoms with Crippen LogP contribution in [0.4, 0.5) is 5.95 Å². The molecule has 0 bridgehead atoms. The van der Waals surface area contributed by atoms with Crippen molar-refractivity contribution in [3.63, 3.8) is 0 Å². The molecule has 0 aliphatic carbocycles. The lowest BCUT2D eigenvalue weighted by atomic mass is 10.1. The zero-order valence-electron chi connectivity index (χ0n) is 11.4. The molecule has 0 radical (unpaired) electrons. The monoisotopic (exact) mass is 283 g/mol. The molecule has 1 unspecified atom stereocenters. The van der Waals surface area contributed by atoms with Gasteiger partial charge >= 0.3 is 0 Å². The van der Waals surface area contributed by atoms with Crippen molar-refractivity contribution in [2.45, 2.75) is 25.8 Å². The summed E-state index contributed by atoms with van der Waals surface area (Å²) in [4.78, 5) is 10.3. The van der Waals surface area contributed by atoms with E-state index in [0.29, 0.717) is 12.0 Å². The minimum Gasteiger partial charge on any atom is -0.347 e. The molecule has 102 valence electrons. The fourth-order valence-corrected chi connectivity index (χ4v) is 3.07. The molecule has 0 fully saturated rings. The van der Waals surface area contributed by atoms with E-state index in [-0.39, 0.29) is 0 Å². The van der Waals surface area contributed by atoms with E-state index in [1.165, 1.54) is 4.88 Å². The molecule has 20 heavy (non-hydrogen) atoms. The Bertz CT molecular complexity index is 679. The van der Waals surface area contributed by atoms with E-state index in [9.17, 15) is 0 Å². The van der Waals surface area contributed by atoms with Crippen molar-refractivity contribution in [2.24, 2.45) is 0 Å². The molecule has 3 rings (SSSR count). The Balaban J connectivity index is 1.86. The van der Waals surface area contributed by atoms with Crippen LogP contribution in [0.1, 0.15) is 30.7 Å². The number of para-hydroxylation sites is 1. The second-order valence-corrected chi connectivity index (χ2v) is 5.73. The zero-order chi connectivity index (χ0) is 13.8. The van der Waals surface area contributed by atoms with E-state index in [2.05, 4.69) is 39.7 Å². The van der Waals surface area contributed by atoms with E-state index < -0.39 is 0 Å². The average molecular weight is 283 g/mol. The molecule has 2 aromatic heterocycles. The first-order valence-electron chi connectivity index (χ1n) is 6.88. The predicted octanol–water partition coefficient (Wildman–Crippen LogP) is 4.64. The highest BCUT2D eigenvalue weighted by Gasteiger charge is 2.12. The first kappa shape index (κ1) is 13.1. The molecular formula is C16H17N3S. The summed E-state index contributed by atoms with van der Waals surface area (Å²) in [5.41, 5.74) is 0.978. The van der Waals surface area contributed by atoms with Crippen molar-refractivity contribution >= 4 is 28.2 Å². The Labute approximate surface area is 122 Å². The molecule has 1 atom stereocenters. The number of rotatable bonds is 5. The lowest BCUT2D eigenvalue weighted by Gasteiger charge is -2.16. The number of hydrogen-bond donors (Lipinski definition) is 1. The summed E-state index contributed by atoms with van der Waals surface area (Å²) in [6.07, 6.45) is 4.09. The van der Waals surface area contributed by atoms with Gasteiger partial charge in [0.25, 0.3) is 0 Å². The maximum absolute atomic E-state index is 4.59. The Morgan fingerprint density at radius 3 is 2.90 bits per heavy atom. The zero-order valence-corrected chi connectivity index (χ0v) is 12.2. The van der Waals surface area contributed by atoms with E-state index in [0.717, 1.165) is 23.7 Å². The van der Waals surface area contributed by atoms with Crippen LogP contribution >= 0.6 is 11.3 Å². The van der Waals surface area contributed by atoms with Gasteiger partial charge < -0.3 is 5.32 Å². The van der Waals surface area contributed by atoms with Crippen molar-refractivity contribution < 1.29 is 0 Å². The van der Waals surface area contributed by atoms with E-state index in [1.54, 1.807) is 11.3 Å². The van der Waals surface area contributed by atoms with Gasteiger partial charge in [0.05, 0.1) is 11.6 Å². The average Bonchev–Trinajstić information content (AvgIpc) is 3.01. The topological polar surface area (TPSA) is 37.8 Å². The fourth-order valence-electron chi connectivity index (χ4n) is 2.26. The summed E-state index contributed by atoms with van der Waals surface area (Å²) in [6.45, 7) is 2.20. The molecule has 3 aromatic rings. The number of nitrogens with one attached hydrogen (secondary N) is 1. The molecule has 2 heterocycles. The van der Waals surface area contributed by atoms with Crippen LogP contribution in [0, 0.1) is 0 Å². The van der Waals surface area contributed by atoms with E-state index >= 15 is 0 Å². The van der Waals surface area contributed by atoms with Crippen molar-refractivity contribution in [3.8, 4) is 0 Å². The van der Waals surface area contributed by atoms with Crippen LogP contribution in [-0.4, -0.2) is 9.97 Å². The third-order valence-corrected chi connectivity index (χ3v) is 4.24. The van der Waals surface area contributed by atoms with Gasteiger partial charge in [0.1, 0.15) is 0 Å². The summed E-state index contributed by atoms with van der Waals surface area (Å²) < 4.78 is 0. The highest BCUT2D eigenvalue weighted by molar-refractivity contribution is 7.10. The lowest BCUT2D eigenvalue weighted by Crippen LogP contribution is -2.11. The molecule has 0 saturated heterocycles. The summed E-state index contributed by atoms with van der Waals surface area (Å²) in [5, 5.41) is 6.65. The first-order valence-corrected chi connectivity index (χ1v) is 7.76. The predicted molar refractivity (Wildman–Crippen MR) is 85.1 cm³/mol. The van der Waals surface area contributed by atoms with Crippen LogP contribution in [0.3, 0.4) is 0 Å². The normalized spacial score (nSPS) is 12.4. The minimum absolute atomic E-state index is 0.293. The van der Waals surface area contributed by atoms with Gasteiger partial charge in [-0.3, -0.25) is 0 Å². The third kappa shape index (κ3) is 2.80. The molecular weight excluding hydrogens is 266 g/mol. The molecule has 3 nitrogen and oxygen atoms in total. The van der Waals surface area contributed by atoms with Crippen molar-refractivity contribution in [1.82, 2.24) is 9.97 Å². The van der Waals surface area contributed by atoms with Crippen LogP contribution in [0.15, 0.2) is 48.0 Å². The van der Waals surface area contributed by atoms with E-state index in [4.69, 9.17) is 0 Å². The highest BCUT2D eigenvalue weighted by atomic mass is 32.1. The summed E-state index contributed by atoms with van der Waals surface area (Å²) in [5.74, 6) is 0.704. The number of benzene rings is 1. The van der Waals surface area contributed by atoms with Gasteiger partial charge in [-0.2, -0.15) is 0 Å². The lowest BCUT2D eigenvalue weighted by molar-refractivity contribution is 0.681. The quantitative estimate of drug-likeness (QED) is 0.741. The van der Waals surface area contributed by atoms with Gasteiger partial charge in [0, 0.05) is 16.5 Å². The highest BCUT2D eigenvalue weighted by Crippen LogP contribution is 2.26. The van der Waals surface area contributed by atoms with Crippen LogP contribution in [0.25, 0.3) is 10.9 Å². The molecule has 0 saturated carbocycles. The van der Waals surface area contributed by atoms with Crippen molar-refractivity contribution in [2.75, 3.05) is 5.32 Å². The van der Waals surface area contributed by atoms with Gasteiger partial charge in [0.2, 0.25) is 5.95 Å². The Kier molecular flexibility index (Phi) is 3.92. The molecule has 0 aliphatic rings. The minimum atomic E-state index is 0.293. The second kappa shape index (κ2) is 6.01. The Morgan fingerprint density at radius 1 is 1.20 bits per heavy atom. The molecule has 0 amide bonds. The molecule has 4 heteroatoms. The molecule has 0 spiro atoms. The molecule has 1 aromatic carbocycles. The van der Waals surface area contributed by atoms with Gasteiger partial charge in [0.15, 0.2) is 0 Å². The van der Waals surface area contributed by atoms with E-state index in [1.807, 2.05) is 30.5 Å². The summed E-state index contributed by atoms with van der Waals surface area (Å²) >= 11 is 1.78. The fraction of sp³-hybridized carbons (Fsp3) is 0.250. The van der Waals surface area contributed by atoms with Crippen LogP contribution < -0.4 is 5.32 Å². The van der Waals surface area contributed by atoms with Gasteiger partial charge in [-0.05, 0) is 23.9 Å². The van der Waals surface area contributed by atoms with Crippen LogP contribution in [0.5, 0.6) is 0 Å². The second-order valence-electron chi connectivity index (χ2n) is 4.75. The summed E-state index contributed by atoms with van der Waals surface area (Å²) in [6, 6.07) is 12.6. The SMILES string of the molecule is CCCC(Nc1ncc2ccccc2n1)c1cccs1. The number of thiophene rings is 1. The first-order chi connectivity index (χ1) is 9.86. The molecule has 0 aliphatic heterocycles. The van der Waals surface area contributed by atoms with Crippen LogP contribution in [-0.2, 0) is 0 Å². The Hall–Kier alpha value is -1.94. The van der Waals surface area contributed by atoms with Gasteiger partial charge in [-0.25, -0.2) is 9.97 Å². The van der Waals surface area contributed by atoms with Crippen molar-refractivity contribution in [3.05, 3.63) is 52.9 Å². The number of aromatic nitrogens is 2. The maximum Gasteiger partial charge on any atom is 0.223 e. The number of fused-ring (bicyclic) bond motifs is 1. The largest absolute Gasteiger partial charge is 0.347 e. The van der Waals surface area contributed by atoms with Crippen molar-refractivity contribution in [1.29, 1.82) is 0 Å². The van der Waals surface area contributed by atoms with Gasteiger partial charge in [-0.15, -0.1) is 11.3 Å². The third-order valence-electron chi connectivity index (χ3n) is 3.26. The Morgan fingerprint density at radius 2 is 2.10 bits per heavy atom. The number of hydrogen-bond acceptors (Lipinski definition) is 4. The van der Waals surface area contributed by atoms with Gasteiger partial charge in [-0.1, -0.05) is 37.6 Å². The smallest absolute Gasteiger partial charge is 0.223 e. The summed E-state index contributed by atoms with van der Waals surface area (Å²) in [7, 11) is 0. The number of nitrogens with zero attached hydrogens (tertiary/aromatic N) is 2. The molecule has 1 N–H and O–H groups in total.